The molecule has 0 aromatic rings. The van der Waals surface area contributed by atoms with E-state index in [1.54, 1.807) is 16.7 Å². The molecule has 21 heavy (non-hydrogen) atoms. The third-order valence-electron chi connectivity index (χ3n) is 4.96. The number of nitrogens with one attached hydrogen (secondary N) is 1. The fourth-order valence-corrected chi connectivity index (χ4v) is 4.62. The van der Waals surface area contributed by atoms with Crippen LogP contribution < -0.4 is 5.32 Å². The number of carboxylic acid groups (broad SMARTS) is 1. The zero-order chi connectivity index (χ0) is 15.4. The zero-order valence-corrected chi connectivity index (χ0v) is 13.7. The molecule has 0 radical (unpaired) electrons. The molecule has 2 aliphatic rings. The molecule has 1 aliphatic heterocycles. The van der Waals surface area contributed by atoms with Gasteiger partial charge in [0, 0.05) is 24.1 Å². The fraction of sp³-hybridized carbons (Fsp3) is 0.867. The molecule has 1 heterocycles. The molecule has 2 rings (SSSR count). The summed E-state index contributed by atoms with van der Waals surface area (Å²) in [6, 6.07) is -0.0161. The number of nitrogens with zero attached hydrogens (tertiary/aromatic N) is 1. The molecule has 2 amide bonds. The summed E-state index contributed by atoms with van der Waals surface area (Å²) in [7, 11) is 0. The minimum Gasteiger partial charge on any atom is -0.481 e. The second kappa shape index (κ2) is 7.38. The van der Waals surface area contributed by atoms with Crippen molar-refractivity contribution in [2.75, 3.05) is 18.1 Å². The first-order valence-electron chi connectivity index (χ1n) is 7.89. The minimum atomic E-state index is -0.833. The van der Waals surface area contributed by atoms with E-state index in [4.69, 9.17) is 5.11 Å². The number of amides is 2. The zero-order valence-electron chi connectivity index (χ0n) is 12.9. The molecule has 4 unspecified atom stereocenters. The summed E-state index contributed by atoms with van der Waals surface area (Å²) in [4.78, 5) is 25.2. The van der Waals surface area contributed by atoms with E-state index in [9.17, 15) is 9.59 Å². The van der Waals surface area contributed by atoms with Crippen LogP contribution in [0.4, 0.5) is 4.79 Å². The molecule has 1 saturated carbocycles. The molecule has 1 saturated heterocycles. The molecule has 0 spiro atoms. The molecular weight excluding hydrogens is 288 g/mol. The molecule has 1 aliphatic carbocycles. The van der Waals surface area contributed by atoms with Crippen LogP contribution in [0.2, 0.25) is 0 Å². The predicted octanol–water partition coefficient (Wildman–Crippen LogP) is 2.41. The molecule has 120 valence electrons. The smallest absolute Gasteiger partial charge is 0.317 e. The number of urea groups is 1. The van der Waals surface area contributed by atoms with Gasteiger partial charge in [0.05, 0.1) is 12.5 Å². The highest BCUT2D eigenvalue weighted by Gasteiger charge is 2.35. The summed E-state index contributed by atoms with van der Waals surface area (Å²) in [5.74, 6) is 1.98. The maximum absolute atomic E-state index is 12.5. The van der Waals surface area contributed by atoms with Crippen molar-refractivity contribution >= 4 is 23.8 Å². The first kappa shape index (κ1) is 16.5. The van der Waals surface area contributed by atoms with E-state index in [1.807, 2.05) is 0 Å². The van der Waals surface area contributed by atoms with Crippen molar-refractivity contribution < 1.29 is 14.7 Å². The van der Waals surface area contributed by atoms with Gasteiger partial charge in [-0.3, -0.25) is 4.79 Å². The molecule has 6 heteroatoms. The number of carbonyl (C=O) groups excluding carboxylic acids is 1. The van der Waals surface area contributed by atoms with Gasteiger partial charge in [0.1, 0.15) is 0 Å². The van der Waals surface area contributed by atoms with E-state index in [2.05, 4.69) is 19.2 Å². The van der Waals surface area contributed by atoms with E-state index in [1.165, 1.54) is 6.42 Å². The monoisotopic (exact) mass is 314 g/mol. The Morgan fingerprint density at radius 2 is 2.14 bits per heavy atom. The number of hydrogen-bond donors (Lipinski definition) is 2. The van der Waals surface area contributed by atoms with Crippen LogP contribution in [0.3, 0.4) is 0 Å². The number of thioether (sulfide) groups is 1. The van der Waals surface area contributed by atoms with Crippen LogP contribution in [0.15, 0.2) is 0 Å². The summed E-state index contributed by atoms with van der Waals surface area (Å²) in [6.45, 7) is 5.07. The molecule has 2 N–H and O–H groups in total. The van der Waals surface area contributed by atoms with Crippen LogP contribution in [0.1, 0.15) is 39.5 Å². The number of carboxylic acids is 1. The van der Waals surface area contributed by atoms with E-state index >= 15 is 0 Å². The van der Waals surface area contributed by atoms with Crippen LogP contribution in [-0.2, 0) is 4.79 Å². The molecule has 0 aromatic heterocycles. The van der Waals surface area contributed by atoms with Gasteiger partial charge in [0.2, 0.25) is 0 Å². The quantitative estimate of drug-likeness (QED) is 0.836. The fourth-order valence-electron chi connectivity index (χ4n) is 3.56. The Morgan fingerprint density at radius 1 is 1.38 bits per heavy atom. The summed E-state index contributed by atoms with van der Waals surface area (Å²) < 4.78 is 0. The topological polar surface area (TPSA) is 69.6 Å². The van der Waals surface area contributed by atoms with E-state index in [0.29, 0.717) is 18.4 Å². The third-order valence-corrected chi connectivity index (χ3v) is 6.05. The maximum Gasteiger partial charge on any atom is 0.317 e. The standard InChI is InChI=1S/C15H26N2O3S/c1-3-11-4-5-13(10(11)2)16-15(20)17-6-7-21-9-12(17)8-14(18)19/h10-13H,3-9H2,1-2H3,(H,16,20)(H,18,19). The highest BCUT2D eigenvalue weighted by atomic mass is 32.2. The third kappa shape index (κ3) is 4.05. The van der Waals surface area contributed by atoms with Gasteiger partial charge in [0.25, 0.3) is 0 Å². The van der Waals surface area contributed by atoms with Gasteiger partial charge in [-0.15, -0.1) is 0 Å². The average molecular weight is 314 g/mol. The second-order valence-corrected chi connectivity index (χ2v) is 7.33. The lowest BCUT2D eigenvalue weighted by molar-refractivity contribution is -0.138. The summed E-state index contributed by atoms with van der Waals surface area (Å²) in [5.41, 5.74) is 0. The van der Waals surface area contributed by atoms with Gasteiger partial charge < -0.3 is 15.3 Å². The molecule has 5 nitrogen and oxygen atoms in total. The lowest BCUT2D eigenvalue weighted by Gasteiger charge is -2.36. The lowest BCUT2D eigenvalue weighted by Crippen LogP contribution is -2.53. The summed E-state index contributed by atoms with van der Waals surface area (Å²) in [5, 5.41) is 12.1. The average Bonchev–Trinajstić information content (AvgIpc) is 2.79. The largest absolute Gasteiger partial charge is 0.481 e. The Bertz CT molecular complexity index is 391. The van der Waals surface area contributed by atoms with Crippen molar-refractivity contribution in [3.05, 3.63) is 0 Å². The van der Waals surface area contributed by atoms with Gasteiger partial charge in [-0.1, -0.05) is 20.3 Å². The van der Waals surface area contributed by atoms with Crippen LogP contribution in [0.5, 0.6) is 0 Å². The Morgan fingerprint density at radius 3 is 2.76 bits per heavy atom. The lowest BCUT2D eigenvalue weighted by atomic mass is 9.93. The Labute approximate surface area is 130 Å². The van der Waals surface area contributed by atoms with Crippen molar-refractivity contribution in [2.24, 2.45) is 11.8 Å². The molecular formula is C15H26N2O3S. The Kier molecular flexibility index (Phi) is 5.79. The maximum atomic E-state index is 12.5. The van der Waals surface area contributed by atoms with Gasteiger partial charge >= 0.3 is 12.0 Å². The number of rotatable bonds is 4. The SMILES string of the molecule is CCC1CCC(NC(=O)N2CCSCC2CC(=O)O)C1C. The number of aliphatic carboxylic acids is 1. The molecule has 4 atom stereocenters. The first-order valence-corrected chi connectivity index (χ1v) is 9.05. The van der Waals surface area contributed by atoms with Crippen molar-refractivity contribution in [1.82, 2.24) is 10.2 Å². The minimum absolute atomic E-state index is 0.0399. The highest BCUT2D eigenvalue weighted by molar-refractivity contribution is 7.99. The van der Waals surface area contributed by atoms with Crippen LogP contribution in [0.25, 0.3) is 0 Å². The van der Waals surface area contributed by atoms with Crippen molar-refractivity contribution in [1.29, 1.82) is 0 Å². The molecule has 2 fully saturated rings. The normalized spacial score (nSPS) is 33.0. The van der Waals surface area contributed by atoms with E-state index in [0.717, 1.165) is 24.3 Å². The van der Waals surface area contributed by atoms with Gasteiger partial charge in [-0.05, 0) is 24.7 Å². The van der Waals surface area contributed by atoms with Gasteiger partial charge in [-0.2, -0.15) is 11.8 Å². The van der Waals surface area contributed by atoms with E-state index < -0.39 is 5.97 Å². The number of hydrogen-bond acceptors (Lipinski definition) is 3. The van der Waals surface area contributed by atoms with Crippen LogP contribution >= 0.6 is 11.8 Å². The summed E-state index contributed by atoms with van der Waals surface area (Å²) >= 11 is 1.73. The first-order chi connectivity index (χ1) is 10.0. The summed E-state index contributed by atoms with van der Waals surface area (Å²) in [6.07, 6.45) is 3.42. The molecule has 0 bridgehead atoms. The van der Waals surface area contributed by atoms with Crippen LogP contribution in [-0.4, -0.2) is 52.1 Å². The van der Waals surface area contributed by atoms with Crippen molar-refractivity contribution in [2.45, 2.75) is 51.6 Å². The number of carbonyl (C=O) groups is 2. The Balaban J connectivity index is 1.93. The van der Waals surface area contributed by atoms with Crippen LogP contribution in [0, 0.1) is 11.8 Å². The second-order valence-electron chi connectivity index (χ2n) is 6.18. The van der Waals surface area contributed by atoms with Gasteiger partial charge in [-0.25, -0.2) is 4.79 Å². The van der Waals surface area contributed by atoms with Crippen molar-refractivity contribution in [3.63, 3.8) is 0 Å². The molecule has 0 aromatic carbocycles. The highest BCUT2D eigenvalue weighted by Crippen LogP contribution is 2.34. The van der Waals surface area contributed by atoms with E-state index in [-0.39, 0.29) is 24.5 Å². The van der Waals surface area contributed by atoms with Gasteiger partial charge in [0.15, 0.2) is 0 Å². The van der Waals surface area contributed by atoms with Crippen molar-refractivity contribution in [3.8, 4) is 0 Å². The Hall–Kier alpha value is -0.910. The predicted molar refractivity (Wildman–Crippen MR) is 84.6 cm³/mol.